The second-order valence-electron chi connectivity index (χ2n) is 7.77. The Morgan fingerprint density at radius 1 is 1.00 bits per heavy atom. The van der Waals surface area contributed by atoms with Crippen LogP contribution in [0, 0.1) is 5.92 Å². The summed E-state index contributed by atoms with van der Waals surface area (Å²) in [6.07, 6.45) is 6.34. The van der Waals surface area contributed by atoms with Gasteiger partial charge in [0.2, 0.25) is 21.8 Å². The SMILES string of the molecule is CCN(CC)S(=O)(=O)c1ccc(/C=C/C(=O)N2CCN(C(=O)C3CCC3)CC2)cc1. The lowest BCUT2D eigenvalue weighted by Crippen LogP contribution is -2.52. The van der Waals surface area contributed by atoms with Gasteiger partial charge in [-0.2, -0.15) is 4.31 Å². The van der Waals surface area contributed by atoms with Gasteiger partial charge in [-0.3, -0.25) is 9.59 Å². The second kappa shape index (κ2) is 9.75. The van der Waals surface area contributed by atoms with E-state index in [1.807, 2.05) is 18.7 Å². The fraction of sp³-hybridized carbons (Fsp3) is 0.545. The summed E-state index contributed by atoms with van der Waals surface area (Å²) in [5, 5.41) is 0. The molecule has 1 aliphatic heterocycles. The topological polar surface area (TPSA) is 78.0 Å². The molecule has 0 N–H and O–H groups in total. The molecule has 7 nitrogen and oxygen atoms in total. The summed E-state index contributed by atoms with van der Waals surface area (Å²) in [5.74, 6) is 0.342. The highest BCUT2D eigenvalue weighted by atomic mass is 32.2. The Balaban J connectivity index is 1.54. The molecule has 0 atom stereocenters. The third-order valence-corrected chi connectivity index (χ3v) is 8.06. The van der Waals surface area contributed by atoms with Crippen LogP contribution in [0.3, 0.4) is 0 Å². The van der Waals surface area contributed by atoms with Crippen molar-refractivity contribution in [3.05, 3.63) is 35.9 Å². The van der Waals surface area contributed by atoms with Crippen molar-refractivity contribution in [2.45, 2.75) is 38.0 Å². The molecule has 164 valence electrons. The van der Waals surface area contributed by atoms with Gasteiger partial charge in [-0.05, 0) is 36.6 Å². The molecule has 2 fully saturated rings. The minimum absolute atomic E-state index is 0.0921. The Bertz CT molecular complexity index is 879. The van der Waals surface area contributed by atoms with Crippen molar-refractivity contribution in [3.63, 3.8) is 0 Å². The van der Waals surface area contributed by atoms with Crippen LogP contribution in [0.5, 0.6) is 0 Å². The number of sulfonamides is 1. The van der Waals surface area contributed by atoms with Gasteiger partial charge in [0.15, 0.2) is 0 Å². The number of carbonyl (C=O) groups is 2. The van der Waals surface area contributed by atoms with Crippen LogP contribution in [0.1, 0.15) is 38.7 Å². The molecule has 2 amide bonds. The average Bonchev–Trinajstić information content (AvgIpc) is 2.72. The third kappa shape index (κ3) is 4.92. The fourth-order valence-electron chi connectivity index (χ4n) is 3.80. The minimum Gasteiger partial charge on any atom is -0.339 e. The van der Waals surface area contributed by atoms with Crippen LogP contribution in [0.4, 0.5) is 0 Å². The Morgan fingerprint density at radius 3 is 2.07 bits per heavy atom. The Morgan fingerprint density at radius 2 is 1.57 bits per heavy atom. The number of hydrogen-bond acceptors (Lipinski definition) is 4. The highest BCUT2D eigenvalue weighted by Crippen LogP contribution is 2.28. The molecule has 0 unspecified atom stereocenters. The van der Waals surface area contributed by atoms with Crippen LogP contribution in [0.2, 0.25) is 0 Å². The first-order valence-corrected chi connectivity index (χ1v) is 12.2. The molecule has 1 aromatic rings. The van der Waals surface area contributed by atoms with Gasteiger partial charge >= 0.3 is 0 Å². The molecule has 1 heterocycles. The van der Waals surface area contributed by atoms with Crippen molar-refractivity contribution in [3.8, 4) is 0 Å². The maximum Gasteiger partial charge on any atom is 0.246 e. The normalized spacial score (nSPS) is 18.1. The summed E-state index contributed by atoms with van der Waals surface area (Å²) in [6, 6.07) is 6.55. The first-order chi connectivity index (χ1) is 14.4. The number of hydrogen-bond donors (Lipinski definition) is 0. The molecule has 0 spiro atoms. The Labute approximate surface area is 179 Å². The number of amides is 2. The first-order valence-electron chi connectivity index (χ1n) is 10.7. The maximum absolute atomic E-state index is 12.5. The molecule has 0 bridgehead atoms. The summed E-state index contributed by atoms with van der Waals surface area (Å²) < 4.78 is 26.5. The van der Waals surface area contributed by atoms with Gasteiger partial charge in [-0.1, -0.05) is 32.4 Å². The van der Waals surface area contributed by atoms with E-state index >= 15 is 0 Å². The number of nitrogens with zero attached hydrogens (tertiary/aromatic N) is 3. The number of benzene rings is 1. The molecule has 30 heavy (non-hydrogen) atoms. The van der Waals surface area contributed by atoms with E-state index in [-0.39, 0.29) is 22.6 Å². The average molecular weight is 434 g/mol. The van der Waals surface area contributed by atoms with Crippen molar-refractivity contribution >= 4 is 27.9 Å². The van der Waals surface area contributed by atoms with Crippen LogP contribution in [-0.4, -0.2) is 73.6 Å². The van der Waals surface area contributed by atoms with Crippen molar-refractivity contribution in [2.24, 2.45) is 5.92 Å². The van der Waals surface area contributed by atoms with E-state index in [4.69, 9.17) is 0 Å². The second-order valence-corrected chi connectivity index (χ2v) is 9.71. The summed E-state index contributed by atoms with van der Waals surface area (Å²) in [4.78, 5) is 28.7. The van der Waals surface area contributed by atoms with E-state index in [0.29, 0.717) is 39.3 Å². The largest absolute Gasteiger partial charge is 0.339 e. The van der Waals surface area contributed by atoms with Gasteiger partial charge in [0, 0.05) is 51.3 Å². The zero-order chi connectivity index (χ0) is 21.7. The standard InChI is InChI=1S/C22H31N3O4S/c1-3-25(4-2)30(28,29)20-11-8-18(9-12-20)10-13-21(26)23-14-16-24(17-15-23)22(27)19-6-5-7-19/h8-13,19H,3-7,14-17H2,1-2H3/b13-10+. The predicted octanol–water partition coefficient (Wildman–Crippen LogP) is 2.20. The van der Waals surface area contributed by atoms with Crippen molar-refractivity contribution in [1.82, 2.24) is 14.1 Å². The van der Waals surface area contributed by atoms with E-state index in [0.717, 1.165) is 24.8 Å². The fourth-order valence-corrected chi connectivity index (χ4v) is 5.26. The van der Waals surface area contributed by atoms with Crippen molar-refractivity contribution in [1.29, 1.82) is 0 Å². The maximum atomic E-state index is 12.5. The predicted molar refractivity (Wildman–Crippen MR) is 116 cm³/mol. The molecule has 0 aromatic heterocycles. The first kappa shape index (κ1) is 22.5. The van der Waals surface area contributed by atoms with Gasteiger partial charge in [0.25, 0.3) is 0 Å². The van der Waals surface area contributed by atoms with E-state index in [2.05, 4.69) is 0 Å². The van der Waals surface area contributed by atoms with Crippen molar-refractivity contribution < 1.29 is 18.0 Å². The molecule has 1 saturated heterocycles. The zero-order valence-electron chi connectivity index (χ0n) is 17.8. The lowest BCUT2D eigenvalue weighted by Gasteiger charge is -2.37. The lowest BCUT2D eigenvalue weighted by atomic mass is 9.84. The van der Waals surface area contributed by atoms with Crippen LogP contribution in [-0.2, 0) is 19.6 Å². The summed E-state index contributed by atoms with van der Waals surface area (Å²) >= 11 is 0. The Hall–Kier alpha value is -2.19. The monoisotopic (exact) mass is 433 g/mol. The summed E-state index contributed by atoms with van der Waals surface area (Å²) in [6.45, 7) is 6.74. The van der Waals surface area contributed by atoms with Crippen LogP contribution < -0.4 is 0 Å². The summed E-state index contributed by atoms with van der Waals surface area (Å²) in [5.41, 5.74) is 0.764. The minimum atomic E-state index is -3.48. The highest BCUT2D eigenvalue weighted by Gasteiger charge is 2.31. The van der Waals surface area contributed by atoms with E-state index in [1.54, 1.807) is 35.2 Å². The molecule has 3 rings (SSSR count). The summed E-state index contributed by atoms with van der Waals surface area (Å²) in [7, 11) is -3.48. The van der Waals surface area contributed by atoms with Gasteiger partial charge in [-0.25, -0.2) is 8.42 Å². The van der Waals surface area contributed by atoms with Gasteiger partial charge in [-0.15, -0.1) is 0 Å². The van der Waals surface area contributed by atoms with Gasteiger partial charge in [0.05, 0.1) is 4.90 Å². The van der Waals surface area contributed by atoms with Gasteiger partial charge < -0.3 is 9.80 Å². The van der Waals surface area contributed by atoms with Crippen molar-refractivity contribution in [2.75, 3.05) is 39.3 Å². The van der Waals surface area contributed by atoms with Crippen LogP contribution in [0.15, 0.2) is 35.2 Å². The number of carbonyl (C=O) groups excluding carboxylic acids is 2. The number of rotatable bonds is 7. The quantitative estimate of drug-likeness (QED) is 0.618. The Kier molecular flexibility index (Phi) is 7.31. The molecular formula is C22H31N3O4S. The third-order valence-electron chi connectivity index (χ3n) is 6.00. The molecular weight excluding hydrogens is 402 g/mol. The van der Waals surface area contributed by atoms with Crippen LogP contribution >= 0.6 is 0 Å². The molecule has 1 aliphatic carbocycles. The molecule has 0 radical (unpaired) electrons. The van der Waals surface area contributed by atoms with E-state index in [9.17, 15) is 18.0 Å². The van der Waals surface area contributed by atoms with Gasteiger partial charge in [0.1, 0.15) is 0 Å². The molecule has 1 aromatic carbocycles. The van der Waals surface area contributed by atoms with E-state index in [1.165, 1.54) is 10.4 Å². The van der Waals surface area contributed by atoms with Crippen LogP contribution in [0.25, 0.3) is 6.08 Å². The number of piperazine rings is 1. The molecule has 1 saturated carbocycles. The smallest absolute Gasteiger partial charge is 0.246 e. The highest BCUT2D eigenvalue weighted by molar-refractivity contribution is 7.89. The zero-order valence-corrected chi connectivity index (χ0v) is 18.6. The van der Waals surface area contributed by atoms with E-state index < -0.39 is 10.0 Å². The lowest BCUT2D eigenvalue weighted by molar-refractivity contribution is -0.142. The molecule has 8 heteroatoms. The molecule has 2 aliphatic rings.